The summed E-state index contributed by atoms with van der Waals surface area (Å²) in [4.78, 5) is 16.1. The summed E-state index contributed by atoms with van der Waals surface area (Å²) >= 11 is 5.74. The molecule has 0 aliphatic rings. The number of carbonyl (C=O) groups excluding carboxylic acids is 1. The number of nitrogens with one attached hydrogen (secondary N) is 1. The van der Waals surface area contributed by atoms with Crippen molar-refractivity contribution in [1.82, 2.24) is 9.88 Å². The number of aromatic nitrogens is 1. The van der Waals surface area contributed by atoms with E-state index in [-0.39, 0.29) is 16.4 Å². The molecule has 0 aliphatic carbocycles. The van der Waals surface area contributed by atoms with Gasteiger partial charge in [0.15, 0.2) is 5.82 Å². The summed E-state index contributed by atoms with van der Waals surface area (Å²) in [5, 5.41) is 8.73. The average molecular weight is 313 g/mol. The molecule has 0 saturated carbocycles. The van der Waals surface area contributed by atoms with Gasteiger partial charge in [0.25, 0.3) is 5.91 Å². The topological polar surface area (TPSA) is 91.5 Å². The van der Waals surface area contributed by atoms with Crippen LogP contribution < -0.4 is 11.3 Å². The van der Waals surface area contributed by atoms with Gasteiger partial charge in [-0.25, -0.2) is 10.8 Å². The molecule has 0 fully saturated rings. The molecule has 0 unspecified atom stereocenters. The van der Waals surface area contributed by atoms with Crippen molar-refractivity contribution in [3.8, 4) is 0 Å². The number of carbonyl (C=O) groups is 1. The van der Waals surface area contributed by atoms with Crippen LogP contribution in [0.1, 0.15) is 10.4 Å². The molecule has 0 saturated heterocycles. The quantitative estimate of drug-likeness (QED) is 0.558. The highest BCUT2D eigenvalue weighted by Crippen LogP contribution is 2.22. The number of halogens is 4. The molecule has 4 N–H and O–H groups in total. The SMILES string of the molecule is NNc1ncc(C(=O)N(CCO)CC(F)(F)F)cc1Cl. The fourth-order valence-corrected chi connectivity index (χ4v) is 1.65. The van der Waals surface area contributed by atoms with Gasteiger partial charge < -0.3 is 15.4 Å². The van der Waals surface area contributed by atoms with E-state index < -0.39 is 31.8 Å². The molecule has 1 amide bonds. The number of alkyl halides is 3. The van der Waals surface area contributed by atoms with E-state index in [0.717, 1.165) is 12.3 Å². The molecular formula is C10H12ClF3N4O2. The number of hydrazine groups is 1. The first-order valence-electron chi connectivity index (χ1n) is 5.37. The molecule has 0 aliphatic heterocycles. The normalized spacial score (nSPS) is 11.3. The third-order valence-corrected chi connectivity index (χ3v) is 2.54. The van der Waals surface area contributed by atoms with Crippen LogP contribution in [0.5, 0.6) is 0 Å². The fraction of sp³-hybridized carbons (Fsp3) is 0.400. The minimum atomic E-state index is -4.57. The van der Waals surface area contributed by atoms with Crippen molar-refractivity contribution in [2.24, 2.45) is 5.84 Å². The van der Waals surface area contributed by atoms with Gasteiger partial charge in [-0.1, -0.05) is 11.6 Å². The summed E-state index contributed by atoms with van der Waals surface area (Å²) in [7, 11) is 0. The lowest BCUT2D eigenvalue weighted by atomic mass is 10.2. The number of nitrogen functional groups attached to an aromatic ring is 1. The first-order valence-corrected chi connectivity index (χ1v) is 5.75. The summed E-state index contributed by atoms with van der Waals surface area (Å²) in [5.41, 5.74) is 2.03. The van der Waals surface area contributed by atoms with Crippen LogP contribution in [0, 0.1) is 0 Å². The Labute approximate surface area is 117 Å². The number of hydrogen-bond donors (Lipinski definition) is 3. The Kier molecular flexibility index (Phi) is 5.54. The lowest BCUT2D eigenvalue weighted by molar-refractivity contribution is -0.141. The minimum absolute atomic E-state index is 0.00527. The Balaban J connectivity index is 2.97. The standard InChI is InChI=1S/C10H12ClF3N4O2/c11-7-3-6(4-16-8(7)17-15)9(20)18(1-2-19)5-10(12,13)14/h3-4,19H,1-2,5,15H2,(H,16,17). The van der Waals surface area contributed by atoms with E-state index in [4.69, 9.17) is 22.6 Å². The second-order valence-corrected chi connectivity index (χ2v) is 4.17. The second-order valence-electron chi connectivity index (χ2n) is 3.76. The number of nitrogens with two attached hydrogens (primary N) is 1. The molecule has 1 rings (SSSR count). The predicted molar refractivity (Wildman–Crippen MR) is 66.1 cm³/mol. The third kappa shape index (κ3) is 4.51. The highest BCUT2D eigenvalue weighted by molar-refractivity contribution is 6.33. The van der Waals surface area contributed by atoms with Crippen molar-refractivity contribution in [2.45, 2.75) is 6.18 Å². The molecule has 1 aromatic heterocycles. The molecule has 1 aromatic rings. The summed E-state index contributed by atoms with van der Waals surface area (Å²) in [6.45, 7) is -2.51. The second kappa shape index (κ2) is 6.73. The number of aliphatic hydroxyl groups is 1. The van der Waals surface area contributed by atoms with E-state index in [1.54, 1.807) is 0 Å². The molecule has 0 radical (unpaired) electrons. The minimum Gasteiger partial charge on any atom is -0.395 e. The van der Waals surface area contributed by atoms with Crippen molar-refractivity contribution in [2.75, 3.05) is 25.1 Å². The maximum atomic E-state index is 12.4. The maximum Gasteiger partial charge on any atom is 0.406 e. The largest absolute Gasteiger partial charge is 0.406 e. The van der Waals surface area contributed by atoms with E-state index in [0.29, 0.717) is 4.90 Å². The Bertz CT molecular complexity index is 484. The zero-order valence-electron chi connectivity index (χ0n) is 10.1. The molecule has 0 spiro atoms. The van der Waals surface area contributed by atoms with Gasteiger partial charge in [-0.2, -0.15) is 13.2 Å². The number of amides is 1. The number of aliphatic hydroxyl groups excluding tert-OH is 1. The highest BCUT2D eigenvalue weighted by atomic mass is 35.5. The predicted octanol–water partition coefficient (Wildman–Crippen LogP) is 1.02. The van der Waals surface area contributed by atoms with Crippen LogP contribution in [0.3, 0.4) is 0 Å². The van der Waals surface area contributed by atoms with E-state index >= 15 is 0 Å². The van der Waals surface area contributed by atoms with Gasteiger partial charge in [-0.15, -0.1) is 0 Å². The molecule has 10 heteroatoms. The van der Waals surface area contributed by atoms with Gasteiger partial charge in [-0.3, -0.25) is 4.79 Å². The van der Waals surface area contributed by atoms with Crippen LogP contribution in [0.4, 0.5) is 19.0 Å². The van der Waals surface area contributed by atoms with Crippen molar-refractivity contribution in [3.63, 3.8) is 0 Å². The molecular weight excluding hydrogens is 301 g/mol. The monoisotopic (exact) mass is 312 g/mol. The summed E-state index contributed by atoms with van der Waals surface area (Å²) in [6, 6.07) is 1.15. The van der Waals surface area contributed by atoms with E-state index in [1.165, 1.54) is 0 Å². The number of nitrogens with zero attached hydrogens (tertiary/aromatic N) is 2. The molecule has 0 aromatic carbocycles. The van der Waals surface area contributed by atoms with Crippen LogP contribution >= 0.6 is 11.6 Å². The average Bonchev–Trinajstić information content (AvgIpc) is 2.35. The Morgan fingerprint density at radius 3 is 2.65 bits per heavy atom. The van der Waals surface area contributed by atoms with Gasteiger partial charge in [0.2, 0.25) is 0 Å². The Hall–Kier alpha value is -1.58. The smallest absolute Gasteiger partial charge is 0.395 e. The van der Waals surface area contributed by atoms with Crippen LogP contribution in [0.2, 0.25) is 5.02 Å². The zero-order chi connectivity index (χ0) is 15.3. The fourth-order valence-electron chi connectivity index (χ4n) is 1.43. The van der Waals surface area contributed by atoms with Crippen LogP contribution in [-0.4, -0.2) is 46.8 Å². The Morgan fingerprint density at radius 2 is 2.20 bits per heavy atom. The van der Waals surface area contributed by atoms with Crippen LogP contribution in [0.25, 0.3) is 0 Å². The zero-order valence-corrected chi connectivity index (χ0v) is 10.9. The maximum absolute atomic E-state index is 12.4. The van der Waals surface area contributed by atoms with E-state index in [9.17, 15) is 18.0 Å². The Morgan fingerprint density at radius 1 is 1.55 bits per heavy atom. The van der Waals surface area contributed by atoms with Gasteiger partial charge >= 0.3 is 6.18 Å². The summed E-state index contributed by atoms with van der Waals surface area (Å²) in [6.07, 6.45) is -3.52. The number of anilines is 1. The van der Waals surface area contributed by atoms with Crippen LogP contribution in [-0.2, 0) is 0 Å². The lowest BCUT2D eigenvalue weighted by Gasteiger charge is -2.23. The van der Waals surface area contributed by atoms with Crippen molar-refractivity contribution >= 4 is 23.3 Å². The van der Waals surface area contributed by atoms with Gasteiger partial charge in [0.1, 0.15) is 6.54 Å². The molecule has 20 heavy (non-hydrogen) atoms. The lowest BCUT2D eigenvalue weighted by Crippen LogP contribution is -2.40. The van der Waals surface area contributed by atoms with Crippen LogP contribution in [0.15, 0.2) is 12.3 Å². The summed E-state index contributed by atoms with van der Waals surface area (Å²) < 4.78 is 37.1. The first kappa shape index (κ1) is 16.5. The molecule has 112 valence electrons. The molecule has 0 atom stereocenters. The highest BCUT2D eigenvalue weighted by Gasteiger charge is 2.33. The molecule has 6 nitrogen and oxygen atoms in total. The number of pyridine rings is 1. The van der Waals surface area contributed by atoms with Crippen molar-refractivity contribution < 1.29 is 23.1 Å². The number of rotatable bonds is 5. The summed E-state index contributed by atoms with van der Waals surface area (Å²) in [5.74, 6) is 4.25. The van der Waals surface area contributed by atoms with E-state index in [2.05, 4.69) is 10.4 Å². The number of hydrogen-bond acceptors (Lipinski definition) is 5. The van der Waals surface area contributed by atoms with Crippen molar-refractivity contribution in [3.05, 3.63) is 22.8 Å². The van der Waals surface area contributed by atoms with Crippen molar-refractivity contribution in [1.29, 1.82) is 0 Å². The molecule has 0 bridgehead atoms. The van der Waals surface area contributed by atoms with Gasteiger partial charge in [0.05, 0.1) is 17.2 Å². The van der Waals surface area contributed by atoms with Gasteiger partial charge in [0, 0.05) is 12.7 Å². The third-order valence-electron chi connectivity index (χ3n) is 2.25. The van der Waals surface area contributed by atoms with Gasteiger partial charge in [-0.05, 0) is 6.07 Å². The van der Waals surface area contributed by atoms with E-state index in [1.807, 2.05) is 0 Å². The molecule has 1 heterocycles. The first-order chi connectivity index (χ1) is 9.28.